The van der Waals surface area contributed by atoms with Gasteiger partial charge in [-0.15, -0.1) is 11.3 Å². The lowest BCUT2D eigenvalue weighted by molar-refractivity contribution is -0.143. The summed E-state index contributed by atoms with van der Waals surface area (Å²) < 4.78 is 4.68. The minimum Gasteiger partial charge on any atom is -0.463 e. The van der Waals surface area contributed by atoms with Gasteiger partial charge in [-0.3, -0.25) is 4.79 Å². The lowest BCUT2D eigenvalue weighted by Crippen LogP contribution is -2.10. The normalized spacial score (nSPS) is 9.75. The van der Waals surface area contributed by atoms with E-state index in [1.165, 1.54) is 11.3 Å². The molecule has 3 nitrogen and oxygen atoms in total. The zero-order valence-corrected chi connectivity index (χ0v) is 7.34. The molecule has 0 saturated heterocycles. The summed E-state index contributed by atoms with van der Waals surface area (Å²) in [4.78, 5) is 11.9. The molecule has 4 heteroatoms. The number of carbonyl (C=O) groups is 1. The second-order valence-electron chi connectivity index (χ2n) is 2.20. The van der Waals surface area contributed by atoms with Crippen LogP contribution in [0.15, 0.2) is 17.5 Å². The van der Waals surface area contributed by atoms with Crippen LogP contribution in [0, 0.1) is 0 Å². The van der Waals surface area contributed by atoms with E-state index in [2.05, 4.69) is 4.74 Å². The van der Waals surface area contributed by atoms with Crippen molar-refractivity contribution in [3.05, 3.63) is 22.4 Å². The van der Waals surface area contributed by atoms with Crippen molar-refractivity contribution >= 4 is 17.3 Å². The van der Waals surface area contributed by atoms with Crippen molar-refractivity contribution in [2.45, 2.75) is 6.42 Å². The van der Waals surface area contributed by atoms with Crippen LogP contribution in [0.3, 0.4) is 0 Å². The molecular formula is C8H10O3S. The third-order valence-electron chi connectivity index (χ3n) is 1.25. The SMILES string of the molecule is O=C(Cc1cccs1)OCCO. The van der Waals surface area contributed by atoms with Gasteiger partial charge in [0.2, 0.25) is 0 Å². The average Bonchev–Trinajstić information content (AvgIpc) is 2.53. The summed E-state index contributed by atoms with van der Waals surface area (Å²) in [5, 5.41) is 10.3. The highest BCUT2D eigenvalue weighted by atomic mass is 32.1. The monoisotopic (exact) mass is 186 g/mol. The second-order valence-corrected chi connectivity index (χ2v) is 3.23. The summed E-state index contributed by atoms with van der Waals surface area (Å²) in [5.74, 6) is -0.286. The van der Waals surface area contributed by atoms with Crippen molar-refractivity contribution in [2.24, 2.45) is 0 Å². The van der Waals surface area contributed by atoms with Crippen LogP contribution in [0.5, 0.6) is 0 Å². The Kier molecular flexibility index (Phi) is 3.76. The number of esters is 1. The second kappa shape index (κ2) is 4.90. The number of hydrogen-bond donors (Lipinski definition) is 1. The fraction of sp³-hybridized carbons (Fsp3) is 0.375. The molecule has 0 unspecified atom stereocenters. The highest BCUT2D eigenvalue weighted by Crippen LogP contribution is 2.09. The predicted molar refractivity (Wildman–Crippen MR) is 46.1 cm³/mol. The highest BCUT2D eigenvalue weighted by Gasteiger charge is 2.04. The van der Waals surface area contributed by atoms with E-state index in [-0.39, 0.29) is 19.2 Å². The number of rotatable bonds is 4. The Balaban J connectivity index is 2.27. The largest absolute Gasteiger partial charge is 0.463 e. The molecule has 0 fully saturated rings. The first kappa shape index (κ1) is 9.22. The Morgan fingerprint density at radius 3 is 3.08 bits per heavy atom. The molecule has 66 valence electrons. The van der Waals surface area contributed by atoms with Crippen molar-refractivity contribution < 1.29 is 14.6 Å². The van der Waals surface area contributed by atoms with Crippen LogP contribution >= 0.6 is 11.3 Å². The van der Waals surface area contributed by atoms with Crippen molar-refractivity contribution in [3.8, 4) is 0 Å². The lowest BCUT2D eigenvalue weighted by Gasteiger charge is -1.99. The van der Waals surface area contributed by atoms with Gasteiger partial charge in [0.15, 0.2) is 0 Å². The molecule has 0 radical (unpaired) electrons. The van der Waals surface area contributed by atoms with E-state index in [1.54, 1.807) is 0 Å². The van der Waals surface area contributed by atoms with E-state index in [1.807, 2.05) is 17.5 Å². The molecule has 1 aromatic heterocycles. The first-order chi connectivity index (χ1) is 5.83. The predicted octanol–water partition coefficient (Wildman–Crippen LogP) is 0.826. The molecule has 0 aliphatic rings. The minimum absolute atomic E-state index is 0.0875. The molecule has 0 aliphatic carbocycles. The molecule has 1 aromatic rings. The number of ether oxygens (including phenoxy) is 1. The quantitative estimate of drug-likeness (QED) is 0.708. The number of aliphatic hydroxyl groups excluding tert-OH is 1. The maximum atomic E-state index is 10.9. The highest BCUT2D eigenvalue weighted by molar-refractivity contribution is 7.10. The lowest BCUT2D eigenvalue weighted by atomic mass is 10.3. The standard InChI is InChI=1S/C8H10O3S/c9-3-4-11-8(10)6-7-2-1-5-12-7/h1-2,5,9H,3-4,6H2. The van der Waals surface area contributed by atoms with Crippen molar-refractivity contribution in [1.29, 1.82) is 0 Å². The van der Waals surface area contributed by atoms with Gasteiger partial charge in [-0.1, -0.05) is 6.07 Å². The first-order valence-corrected chi connectivity index (χ1v) is 4.50. The molecule has 1 N–H and O–H groups in total. The number of aliphatic hydroxyl groups is 1. The van der Waals surface area contributed by atoms with Crippen LogP contribution in [0.1, 0.15) is 4.88 Å². The number of carbonyl (C=O) groups excluding carboxylic acids is 1. The topological polar surface area (TPSA) is 46.5 Å². The van der Waals surface area contributed by atoms with E-state index in [0.717, 1.165) is 4.88 Å². The van der Waals surface area contributed by atoms with E-state index in [4.69, 9.17) is 5.11 Å². The Labute approximate surface area is 74.6 Å². The maximum absolute atomic E-state index is 10.9. The Morgan fingerprint density at radius 2 is 2.50 bits per heavy atom. The van der Waals surface area contributed by atoms with Crippen molar-refractivity contribution in [1.82, 2.24) is 0 Å². The van der Waals surface area contributed by atoms with Crippen molar-refractivity contribution in [3.63, 3.8) is 0 Å². The van der Waals surface area contributed by atoms with Crippen molar-refractivity contribution in [2.75, 3.05) is 13.2 Å². The van der Waals surface area contributed by atoms with Gasteiger partial charge in [-0.2, -0.15) is 0 Å². The Hall–Kier alpha value is -0.870. The summed E-state index contributed by atoms with van der Waals surface area (Å²) in [6, 6.07) is 3.77. The van der Waals surface area contributed by atoms with E-state index < -0.39 is 0 Å². The van der Waals surface area contributed by atoms with Crippen LogP contribution in [-0.2, 0) is 16.0 Å². The van der Waals surface area contributed by atoms with E-state index in [9.17, 15) is 4.79 Å². The molecule has 0 bridgehead atoms. The zero-order valence-electron chi connectivity index (χ0n) is 6.53. The molecule has 0 saturated carbocycles. The van der Waals surface area contributed by atoms with Gasteiger partial charge in [0.25, 0.3) is 0 Å². The fourth-order valence-corrected chi connectivity index (χ4v) is 1.46. The maximum Gasteiger partial charge on any atom is 0.311 e. The smallest absolute Gasteiger partial charge is 0.311 e. The number of thiophene rings is 1. The van der Waals surface area contributed by atoms with Gasteiger partial charge in [0.1, 0.15) is 6.61 Å². The number of hydrogen-bond acceptors (Lipinski definition) is 4. The first-order valence-electron chi connectivity index (χ1n) is 3.62. The molecule has 12 heavy (non-hydrogen) atoms. The average molecular weight is 186 g/mol. The summed E-state index contributed by atoms with van der Waals surface area (Å²) in [7, 11) is 0. The molecule has 0 aromatic carbocycles. The summed E-state index contributed by atoms with van der Waals surface area (Å²) in [6.07, 6.45) is 0.303. The van der Waals surface area contributed by atoms with Crippen LogP contribution in [0.25, 0.3) is 0 Å². The van der Waals surface area contributed by atoms with Gasteiger partial charge >= 0.3 is 5.97 Å². The third-order valence-corrected chi connectivity index (χ3v) is 2.13. The van der Waals surface area contributed by atoms with Crippen LogP contribution in [0.2, 0.25) is 0 Å². The Morgan fingerprint density at radius 1 is 1.67 bits per heavy atom. The zero-order chi connectivity index (χ0) is 8.81. The Bertz CT molecular complexity index is 230. The van der Waals surface area contributed by atoms with Crippen LogP contribution in [-0.4, -0.2) is 24.3 Å². The summed E-state index contributed by atoms with van der Waals surface area (Å²) in [5.41, 5.74) is 0. The fourth-order valence-electron chi connectivity index (χ4n) is 0.766. The molecular weight excluding hydrogens is 176 g/mol. The molecule has 0 amide bonds. The summed E-state index contributed by atoms with van der Waals surface area (Å²) >= 11 is 1.52. The molecule has 0 aliphatic heterocycles. The van der Waals surface area contributed by atoms with Crippen LogP contribution in [0.4, 0.5) is 0 Å². The van der Waals surface area contributed by atoms with Gasteiger partial charge < -0.3 is 9.84 Å². The van der Waals surface area contributed by atoms with Gasteiger partial charge in [0.05, 0.1) is 13.0 Å². The van der Waals surface area contributed by atoms with E-state index in [0.29, 0.717) is 6.42 Å². The molecule has 0 spiro atoms. The molecule has 1 heterocycles. The molecule has 0 atom stereocenters. The van der Waals surface area contributed by atoms with Gasteiger partial charge in [-0.25, -0.2) is 0 Å². The van der Waals surface area contributed by atoms with Crippen LogP contribution < -0.4 is 0 Å². The third kappa shape index (κ3) is 3.02. The van der Waals surface area contributed by atoms with Gasteiger partial charge in [-0.05, 0) is 11.4 Å². The molecule has 1 rings (SSSR count). The minimum atomic E-state index is -0.286. The van der Waals surface area contributed by atoms with Gasteiger partial charge in [0, 0.05) is 4.88 Å². The summed E-state index contributed by atoms with van der Waals surface area (Å²) in [6.45, 7) is -0.0274. The van der Waals surface area contributed by atoms with E-state index >= 15 is 0 Å².